The van der Waals surface area contributed by atoms with Crippen LogP contribution in [-0.4, -0.2) is 31.3 Å². The molecule has 0 saturated heterocycles. The summed E-state index contributed by atoms with van der Waals surface area (Å²) in [5.41, 5.74) is 3.44. The minimum absolute atomic E-state index is 0.200. The average molecular weight is 532 g/mol. The number of carbonyl (C=O) groups is 2. The van der Waals surface area contributed by atoms with Gasteiger partial charge in [0.2, 0.25) is 0 Å². The molecule has 0 aliphatic carbocycles. The van der Waals surface area contributed by atoms with Crippen LogP contribution in [0.2, 0.25) is 5.02 Å². The highest BCUT2D eigenvalue weighted by Gasteiger charge is 2.13. The lowest BCUT2D eigenvalue weighted by Crippen LogP contribution is -2.24. The quantitative estimate of drug-likeness (QED) is 0.176. The second-order valence-electron chi connectivity index (χ2n) is 6.57. The zero-order chi connectivity index (χ0) is 23.6. The predicted molar refractivity (Wildman–Crippen MR) is 129 cm³/mol. The summed E-state index contributed by atoms with van der Waals surface area (Å²) in [6.07, 6.45) is 1.45. The Bertz CT molecular complexity index is 1130. The van der Waals surface area contributed by atoms with E-state index in [0.717, 1.165) is 4.47 Å². The molecule has 0 bridgehead atoms. The first-order valence-electron chi connectivity index (χ1n) is 9.89. The number of rotatable bonds is 9. The van der Waals surface area contributed by atoms with E-state index in [1.165, 1.54) is 6.21 Å². The van der Waals surface area contributed by atoms with Crippen molar-refractivity contribution in [3.63, 3.8) is 0 Å². The van der Waals surface area contributed by atoms with E-state index < -0.39 is 11.9 Å². The molecule has 3 rings (SSSR count). The Labute approximate surface area is 204 Å². The molecular weight excluding hydrogens is 512 g/mol. The summed E-state index contributed by atoms with van der Waals surface area (Å²) in [4.78, 5) is 24.3. The fourth-order valence-corrected chi connectivity index (χ4v) is 2.98. The predicted octanol–water partition coefficient (Wildman–Crippen LogP) is 5.25. The lowest BCUT2D eigenvalue weighted by atomic mass is 10.2. The van der Waals surface area contributed by atoms with Gasteiger partial charge in [-0.15, -0.1) is 0 Å². The van der Waals surface area contributed by atoms with Crippen molar-refractivity contribution in [3.05, 3.63) is 87.4 Å². The van der Waals surface area contributed by atoms with E-state index >= 15 is 0 Å². The fraction of sp³-hybridized carbons (Fsp3) is 0.125. The van der Waals surface area contributed by atoms with Gasteiger partial charge in [0.1, 0.15) is 5.75 Å². The van der Waals surface area contributed by atoms with Gasteiger partial charge < -0.3 is 14.2 Å². The molecule has 0 aliphatic rings. The molecule has 0 spiro atoms. The Kier molecular flexibility index (Phi) is 8.86. The maximum atomic E-state index is 12.4. The molecule has 3 aromatic carbocycles. The number of nitrogens with one attached hydrogen (secondary N) is 1. The molecule has 170 valence electrons. The zero-order valence-electron chi connectivity index (χ0n) is 17.6. The number of amides is 1. The van der Waals surface area contributed by atoms with Gasteiger partial charge in [-0.05, 0) is 79.2 Å². The molecule has 1 amide bonds. The number of hydrazone groups is 1. The third-order valence-electron chi connectivity index (χ3n) is 4.14. The smallest absolute Gasteiger partial charge is 0.343 e. The molecule has 3 aromatic rings. The van der Waals surface area contributed by atoms with E-state index in [4.69, 9.17) is 25.8 Å². The summed E-state index contributed by atoms with van der Waals surface area (Å²) < 4.78 is 17.3. The Morgan fingerprint density at radius 2 is 1.73 bits per heavy atom. The van der Waals surface area contributed by atoms with Crippen molar-refractivity contribution in [3.8, 4) is 17.2 Å². The number of halogens is 2. The molecule has 9 heteroatoms. The number of benzene rings is 3. The third-order valence-corrected chi connectivity index (χ3v) is 4.92. The van der Waals surface area contributed by atoms with E-state index in [9.17, 15) is 9.59 Å². The first-order valence-corrected chi connectivity index (χ1v) is 11.1. The Hall–Kier alpha value is -3.36. The Balaban J connectivity index is 1.58. The standard InChI is InChI=1S/C24H20BrClN2O5/c1-2-31-22-13-16(3-12-21(22)33-24(30)17-4-6-18(25)7-5-17)14-27-28-23(29)15-32-20-10-8-19(26)9-11-20/h3-14H,2,15H2,1H3,(H,28,29). The van der Waals surface area contributed by atoms with Gasteiger partial charge in [-0.25, -0.2) is 10.2 Å². The normalized spacial score (nSPS) is 10.6. The van der Waals surface area contributed by atoms with Crippen molar-refractivity contribution in [1.29, 1.82) is 0 Å². The maximum absolute atomic E-state index is 12.4. The van der Waals surface area contributed by atoms with Crippen LogP contribution in [0.25, 0.3) is 0 Å². The number of nitrogens with zero attached hydrogens (tertiary/aromatic N) is 1. The summed E-state index contributed by atoms with van der Waals surface area (Å²) in [6.45, 7) is 2.00. The van der Waals surface area contributed by atoms with Gasteiger partial charge in [0.05, 0.1) is 18.4 Å². The van der Waals surface area contributed by atoms with Crippen LogP contribution in [-0.2, 0) is 4.79 Å². The van der Waals surface area contributed by atoms with Gasteiger partial charge >= 0.3 is 5.97 Å². The van der Waals surface area contributed by atoms with Crippen molar-refractivity contribution < 1.29 is 23.8 Å². The summed E-state index contributed by atoms with van der Waals surface area (Å²) in [7, 11) is 0. The number of hydrogen-bond donors (Lipinski definition) is 1. The van der Waals surface area contributed by atoms with E-state index in [1.54, 1.807) is 66.7 Å². The molecular formula is C24H20BrClN2O5. The number of hydrogen-bond acceptors (Lipinski definition) is 6. The minimum Gasteiger partial charge on any atom is -0.490 e. The van der Waals surface area contributed by atoms with Crippen LogP contribution >= 0.6 is 27.5 Å². The molecule has 33 heavy (non-hydrogen) atoms. The van der Waals surface area contributed by atoms with Gasteiger partial charge in [0.15, 0.2) is 18.1 Å². The first-order chi connectivity index (χ1) is 15.9. The zero-order valence-corrected chi connectivity index (χ0v) is 19.9. The molecule has 0 aliphatic heterocycles. The van der Waals surface area contributed by atoms with Crippen molar-refractivity contribution in [2.75, 3.05) is 13.2 Å². The molecule has 1 N–H and O–H groups in total. The highest BCUT2D eigenvalue weighted by atomic mass is 79.9. The summed E-state index contributed by atoms with van der Waals surface area (Å²) in [5, 5.41) is 4.50. The molecule has 0 atom stereocenters. The van der Waals surface area contributed by atoms with Crippen molar-refractivity contribution in [1.82, 2.24) is 5.43 Å². The molecule has 0 radical (unpaired) electrons. The third kappa shape index (κ3) is 7.62. The highest BCUT2D eigenvalue weighted by Crippen LogP contribution is 2.29. The van der Waals surface area contributed by atoms with Gasteiger partial charge in [-0.3, -0.25) is 4.79 Å². The average Bonchev–Trinajstić information content (AvgIpc) is 2.81. The summed E-state index contributed by atoms with van der Waals surface area (Å²) in [6, 6.07) is 18.5. The van der Waals surface area contributed by atoms with Gasteiger partial charge in [0.25, 0.3) is 5.91 Å². The van der Waals surface area contributed by atoms with Crippen molar-refractivity contribution >= 4 is 45.6 Å². The van der Waals surface area contributed by atoms with Crippen LogP contribution in [0.15, 0.2) is 76.3 Å². The lowest BCUT2D eigenvalue weighted by molar-refractivity contribution is -0.123. The fourth-order valence-electron chi connectivity index (χ4n) is 2.59. The van der Waals surface area contributed by atoms with E-state index in [-0.39, 0.29) is 12.4 Å². The number of esters is 1. The van der Waals surface area contributed by atoms with Gasteiger partial charge in [-0.1, -0.05) is 27.5 Å². The summed E-state index contributed by atoms with van der Waals surface area (Å²) >= 11 is 9.14. The van der Waals surface area contributed by atoms with Gasteiger partial charge in [0, 0.05) is 9.50 Å². The van der Waals surface area contributed by atoms with Crippen LogP contribution in [0.5, 0.6) is 17.2 Å². The summed E-state index contributed by atoms with van der Waals surface area (Å²) in [5.74, 6) is 0.254. The number of ether oxygens (including phenoxy) is 3. The minimum atomic E-state index is -0.502. The SMILES string of the molecule is CCOc1cc(C=NNC(=O)COc2ccc(Cl)cc2)ccc1OC(=O)c1ccc(Br)cc1. The van der Waals surface area contributed by atoms with Crippen LogP contribution in [0.4, 0.5) is 0 Å². The van der Waals surface area contributed by atoms with E-state index in [2.05, 4.69) is 26.5 Å². The lowest BCUT2D eigenvalue weighted by Gasteiger charge is -2.11. The monoisotopic (exact) mass is 530 g/mol. The topological polar surface area (TPSA) is 86.2 Å². The van der Waals surface area contributed by atoms with Gasteiger partial charge in [-0.2, -0.15) is 5.10 Å². The molecule has 0 unspecified atom stereocenters. The molecule has 7 nitrogen and oxygen atoms in total. The van der Waals surface area contributed by atoms with Crippen molar-refractivity contribution in [2.45, 2.75) is 6.92 Å². The molecule has 0 saturated carbocycles. The van der Waals surface area contributed by atoms with E-state index in [1.807, 2.05) is 6.92 Å². The van der Waals surface area contributed by atoms with Crippen LogP contribution in [0, 0.1) is 0 Å². The van der Waals surface area contributed by atoms with Crippen LogP contribution in [0.1, 0.15) is 22.8 Å². The molecule has 0 heterocycles. The molecule has 0 aromatic heterocycles. The molecule has 0 fully saturated rings. The Morgan fingerprint density at radius 1 is 1.00 bits per heavy atom. The van der Waals surface area contributed by atoms with E-state index in [0.29, 0.717) is 34.3 Å². The first kappa shape index (κ1) is 24.3. The second kappa shape index (κ2) is 12.0. The maximum Gasteiger partial charge on any atom is 0.343 e. The number of carbonyl (C=O) groups excluding carboxylic acids is 2. The van der Waals surface area contributed by atoms with Crippen LogP contribution < -0.4 is 19.6 Å². The largest absolute Gasteiger partial charge is 0.490 e. The van der Waals surface area contributed by atoms with Crippen LogP contribution in [0.3, 0.4) is 0 Å². The van der Waals surface area contributed by atoms with Crippen molar-refractivity contribution in [2.24, 2.45) is 5.10 Å². The second-order valence-corrected chi connectivity index (χ2v) is 7.92. The highest BCUT2D eigenvalue weighted by molar-refractivity contribution is 9.10. The Morgan fingerprint density at radius 3 is 2.42 bits per heavy atom.